The lowest BCUT2D eigenvalue weighted by atomic mass is 10.1. The van der Waals surface area contributed by atoms with E-state index in [-0.39, 0.29) is 0 Å². The number of rotatable bonds is 4. The first kappa shape index (κ1) is 13.1. The number of fused-ring (bicyclic) bond motifs is 1. The number of aromatic nitrogens is 2. The zero-order valence-corrected chi connectivity index (χ0v) is 11.9. The van der Waals surface area contributed by atoms with E-state index in [4.69, 9.17) is 14.7 Å². The molecule has 1 aromatic heterocycles. The summed E-state index contributed by atoms with van der Waals surface area (Å²) < 4.78 is 5.42. The van der Waals surface area contributed by atoms with Crippen molar-refractivity contribution in [3.05, 3.63) is 41.2 Å². The molecule has 0 aliphatic carbocycles. The van der Waals surface area contributed by atoms with Crippen molar-refractivity contribution in [1.29, 1.82) is 0 Å². The van der Waals surface area contributed by atoms with Crippen molar-refractivity contribution in [2.75, 3.05) is 7.11 Å². The number of para-hydroxylation sites is 1. The van der Waals surface area contributed by atoms with Gasteiger partial charge in [0.05, 0.1) is 18.4 Å². The number of benzene rings is 1. The van der Waals surface area contributed by atoms with Crippen molar-refractivity contribution in [1.82, 2.24) is 15.3 Å². The third kappa shape index (κ3) is 2.27. The molecular formula is C16H19N3O. The summed E-state index contributed by atoms with van der Waals surface area (Å²) >= 11 is 0. The van der Waals surface area contributed by atoms with E-state index in [9.17, 15) is 0 Å². The first-order valence-corrected chi connectivity index (χ1v) is 7.06. The van der Waals surface area contributed by atoms with E-state index in [0.717, 1.165) is 48.8 Å². The minimum Gasteiger partial charge on any atom is -0.496 e. The maximum atomic E-state index is 5.42. The van der Waals surface area contributed by atoms with Crippen LogP contribution in [-0.4, -0.2) is 17.1 Å². The molecule has 20 heavy (non-hydrogen) atoms. The van der Waals surface area contributed by atoms with Crippen molar-refractivity contribution in [3.8, 4) is 17.1 Å². The van der Waals surface area contributed by atoms with E-state index >= 15 is 0 Å². The van der Waals surface area contributed by atoms with Crippen molar-refractivity contribution < 1.29 is 4.74 Å². The summed E-state index contributed by atoms with van der Waals surface area (Å²) in [6, 6.07) is 7.92. The van der Waals surface area contributed by atoms with Gasteiger partial charge in [0, 0.05) is 24.3 Å². The summed E-state index contributed by atoms with van der Waals surface area (Å²) in [5.41, 5.74) is 4.54. The van der Waals surface area contributed by atoms with Crippen LogP contribution in [0.1, 0.15) is 30.3 Å². The summed E-state index contributed by atoms with van der Waals surface area (Å²) in [5.74, 6) is 1.59. The highest BCUT2D eigenvalue weighted by atomic mass is 16.5. The second-order valence-electron chi connectivity index (χ2n) is 4.97. The van der Waals surface area contributed by atoms with E-state index in [2.05, 4.69) is 12.2 Å². The number of hydrogen-bond donors (Lipinski definition) is 1. The van der Waals surface area contributed by atoms with Crippen LogP contribution in [0.25, 0.3) is 11.4 Å². The molecular weight excluding hydrogens is 250 g/mol. The third-order valence-corrected chi connectivity index (χ3v) is 3.61. The molecule has 1 N–H and O–H groups in total. The summed E-state index contributed by atoms with van der Waals surface area (Å²) in [5, 5.41) is 3.36. The maximum absolute atomic E-state index is 5.42. The minimum absolute atomic E-state index is 0.772. The highest BCUT2D eigenvalue weighted by Gasteiger charge is 2.20. The molecule has 3 rings (SSSR count). The second-order valence-corrected chi connectivity index (χ2v) is 4.97. The van der Waals surface area contributed by atoms with Crippen LogP contribution < -0.4 is 10.1 Å². The highest BCUT2D eigenvalue weighted by Crippen LogP contribution is 2.29. The summed E-state index contributed by atoms with van der Waals surface area (Å²) in [7, 11) is 1.68. The molecule has 1 aliphatic rings. The fourth-order valence-electron chi connectivity index (χ4n) is 2.63. The Morgan fingerprint density at radius 2 is 2.05 bits per heavy atom. The normalized spacial score (nSPS) is 13.3. The van der Waals surface area contributed by atoms with Crippen molar-refractivity contribution in [2.45, 2.75) is 32.9 Å². The largest absolute Gasteiger partial charge is 0.496 e. The zero-order chi connectivity index (χ0) is 13.9. The topological polar surface area (TPSA) is 47.0 Å². The SMILES string of the molecule is CCCc1nc(-c2ccccc2OC)nc2c1CNC2. The Kier molecular flexibility index (Phi) is 3.65. The van der Waals surface area contributed by atoms with Gasteiger partial charge in [-0.25, -0.2) is 9.97 Å². The predicted octanol–water partition coefficient (Wildman–Crippen LogP) is 2.71. The van der Waals surface area contributed by atoms with E-state index in [0.29, 0.717) is 0 Å². The van der Waals surface area contributed by atoms with Crippen molar-refractivity contribution >= 4 is 0 Å². The number of hydrogen-bond acceptors (Lipinski definition) is 4. The van der Waals surface area contributed by atoms with Gasteiger partial charge >= 0.3 is 0 Å². The molecule has 1 aliphatic heterocycles. The number of aryl methyl sites for hydroxylation is 1. The van der Waals surface area contributed by atoms with Crippen LogP contribution in [0.4, 0.5) is 0 Å². The van der Waals surface area contributed by atoms with Crippen LogP contribution in [0.15, 0.2) is 24.3 Å². The molecule has 0 bridgehead atoms. The highest BCUT2D eigenvalue weighted by molar-refractivity contribution is 5.64. The van der Waals surface area contributed by atoms with Gasteiger partial charge in [-0.3, -0.25) is 0 Å². The number of ether oxygens (including phenoxy) is 1. The molecule has 104 valence electrons. The van der Waals surface area contributed by atoms with Gasteiger partial charge in [-0.15, -0.1) is 0 Å². The van der Waals surface area contributed by atoms with E-state index in [1.807, 2.05) is 24.3 Å². The van der Waals surface area contributed by atoms with Crippen LogP contribution in [-0.2, 0) is 19.5 Å². The first-order chi connectivity index (χ1) is 9.83. The Hall–Kier alpha value is -1.94. The summed E-state index contributed by atoms with van der Waals surface area (Å²) in [4.78, 5) is 9.50. The fourth-order valence-corrected chi connectivity index (χ4v) is 2.63. The molecule has 4 heteroatoms. The number of nitrogens with zero attached hydrogens (tertiary/aromatic N) is 2. The average Bonchev–Trinajstić information content (AvgIpc) is 2.96. The van der Waals surface area contributed by atoms with Gasteiger partial charge in [0.1, 0.15) is 5.75 Å². The standard InChI is InChI=1S/C16H19N3O/c1-3-6-13-12-9-17-10-14(12)19-16(18-13)11-7-4-5-8-15(11)20-2/h4-5,7-8,17H,3,6,9-10H2,1-2H3. The molecule has 0 radical (unpaired) electrons. The van der Waals surface area contributed by atoms with Gasteiger partial charge in [0.25, 0.3) is 0 Å². The monoisotopic (exact) mass is 269 g/mol. The van der Waals surface area contributed by atoms with E-state index in [1.54, 1.807) is 7.11 Å². The smallest absolute Gasteiger partial charge is 0.163 e. The lowest BCUT2D eigenvalue weighted by molar-refractivity contribution is 0.416. The van der Waals surface area contributed by atoms with Gasteiger partial charge in [0.2, 0.25) is 0 Å². The molecule has 0 unspecified atom stereocenters. The van der Waals surface area contributed by atoms with Crippen LogP contribution in [0.5, 0.6) is 5.75 Å². The van der Waals surface area contributed by atoms with E-state index in [1.165, 1.54) is 11.3 Å². The Labute approximate surface area is 119 Å². The molecule has 0 saturated heterocycles. The Morgan fingerprint density at radius 1 is 1.20 bits per heavy atom. The summed E-state index contributed by atoms with van der Waals surface area (Å²) in [6.45, 7) is 3.90. The predicted molar refractivity (Wildman–Crippen MR) is 78.6 cm³/mol. The Balaban J connectivity index is 2.12. The Bertz CT molecular complexity index is 625. The maximum Gasteiger partial charge on any atom is 0.163 e. The molecule has 0 amide bonds. The first-order valence-electron chi connectivity index (χ1n) is 7.06. The number of nitrogens with one attached hydrogen (secondary N) is 1. The van der Waals surface area contributed by atoms with Crippen LogP contribution in [0.3, 0.4) is 0 Å². The van der Waals surface area contributed by atoms with Crippen LogP contribution in [0.2, 0.25) is 0 Å². The minimum atomic E-state index is 0.772. The van der Waals surface area contributed by atoms with Crippen LogP contribution in [0, 0.1) is 0 Å². The Morgan fingerprint density at radius 3 is 2.85 bits per heavy atom. The van der Waals surface area contributed by atoms with Crippen molar-refractivity contribution in [2.24, 2.45) is 0 Å². The molecule has 4 nitrogen and oxygen atoms in total. The van der Waals surface area contributed by atoms with Gasteiger partial charge in [-0.2, -0.15) is 0 Å². The summed E-state index contributed by atoms with van der Waals surface area (Å²) in [6.07, 6.45) is 2.09. The fraction of sp³-hybridized carbons (Fsp3) is 0.375. The van der Waals surface area contributed by atoms with Crippen molar-refractivity contribution in [3.63, 3.8) is 0 Å². The van der Waals surface area contributed by atoms with Gasteiger partial charge in [0.15, 0.2) is 5.82 Å². The molecule has 0 spiro atoms. The molecule has 0 saturated carbocycles. The molecule has 0 fully saturated rings. The lowest BCUT2D eigenvalue weighted by Gasteiger charge is -2.11. The molecule has 2 heterocycles. The second kappa shape index (κ2) is 5.59. The lowest BCUT2D eigenvalue weighted by Crippen LogP contribution is -2.04. The zero-order valence-electron chi connectivity index (χ0n) is 11.9. The van der Waals surface area contributed by atoms with Gasteiger partial charge < -0.3 is 10.1 Å². The third-order valence-electron chi connectivity index (χ3n) is 3.61. The average molecular weight is 269 g/mol. The van der Waals surface area contributed by atoms with Gasteiger partial charge in [-0.05, 0) is 18.6 Å². The van der Waals surface area contributed by atoms with E-state index < -0.39 is 0 Å². The quantitative estimate of drug-likeness (QED) is 0.927. The number of methoxy groups -OCH3 is 1. The molecule has 2 aromatic rings. The molecule has 1 aromatic carbocycles. The molecule has 0 atom stereocenters. The van der Waals surface area contributed by atoms with Crippen LogP contribution >= 0.6 is 0 Å². The van der Waals surface area contributed by atoms with Gasteiger partial charge in [-0.1, -0.05) is 25.5 Å².